The van der Waals surface area contributed by atoms with E-state index < -0.39 is 0 Å². The van der Waals surface area contributed by atoms with Crippen LogP contribution in [0.4, 0.5) is 0 Å². The van der Waals surface area contributed by atoms with Crippen LogP contribution in [0.2, 0.25) is 0 Å². The molecule has 1 unspecified atom stereocenters. The first-order valence-electron chi connectivity index (χ1n) is 7.14. The van der Waals surface area contributed by atoms with Crippen molar-refractivity contribution < 1.29 is 0 Å². The number of hydrogen-bond donors (Lipinski definition) is 1. The number of nitrogens with one attached hydrogen (secondary N) is 1. The summed E-state index contributed by atoms with van der Waals surface area (Å²) in [5.41, 5.74) is 1.29. The molecule has 0 aliphatic carbocycles. The van der Waals surface area contributed by atoms with Gasteiger partial charge in [-0.1, -0.05) is 30.3 Å². The normalized spacial score (nSPS) is 12.4. The highest BCUT2D eigenvalue weighted by atomic mass is 32.1. The van der Waals surface area contributed by atoms with Crippen molar-refractivity contribution in [1.82, 2.24) is 14.9 Å². The van der Waals surface area contributed by atoms with Gasteiger partial charge in [0.2, 0.25) is 0 Å². The average molecular weight is 297 g/mol. The summed E-state index contributed by atoms with van der Waals surface area (Å²) in [7, 11) is 0. The van der Waals surface area contributed by atoms with Gasteiger partial charge in [0.05, 0.1) is 6.33 Å². The molecule has 0 aliphatic heterocycles. The zero-order valence-corrected chi connectivity index (χ0v) is 12.9. The fourth-order valence-corrected chi connectivity index (χ4v) is 3.24. The van der Waals surface area contributed by atoms with Gasteiger partial charge in [-0.25, -0.2) is 4.98 Å². The Bertz CT molecular complexity index is 658. The van der Waals surface area contributed by atoms with E-state index in [4.69, 9.17) is 0 Å². The summed E-state index contributed by atoms with van der Waals surface area (Å²) in [5.74, 6) is 0. The average Bonchev–Trinajstić information content (AvgIpc) is 3.17. The minimum Gasteiger partial charge on any atom is -0.336 e. The second kappa shape index (κ2) is 6.70. The van der Waals surface area contributed by atoms with Gasteiger partial charge in [-0.2, -0.15) is 0 Å². The fourth-order valence-electron chi connectivity index (χ4n) is 2.28. The monoisotopic (exact) mass is 297 g/mol. The highest BCUT2D eigenvalue weighted by Crippen LogP contribution is 2.27. The quantitative estimate of drug-likeness (QED) is 0.750. The maximum absolute atomic E-state index is 4.07. The summed E-state index contributed by atoms with van der Waals surface area (Å²) in [6.07, 6.45) is 5.67. The number of hydrogen-bond acceptors (Lipinski definition) is 3. The summed E-state index contributed by atoms with van der Waals surface area (Å²) in [6, 6.07) is 15.4. The van der Waals surface area contributed by atoms with Crippen LogP contribution in [0.5, 0.6) is 0 Å². The molecule has 0 amide bonds. The Kier molecular flexibility index (Phi) is 4.48. The van der Waals surface area contributed by atoms with Gasteiger partial charge in [-0.05, 0) is 24.6 Å². The molecule has 2 aromatic heterocycles. The summed E-state index contributed by atoms with van der Waals surface area (Å²) in [4.78, 5) is 6.76. The van der Waals surface area contributed by atoms with Crippen molar-refractivity contribution in [2.24, 2.45) is 0 Å². The second-order valence-corrected chi connectivity index (χ2v) is 6.34. The molecule has 0 fully saturated rings. The van der Waals surface area contributed by atoms with Gasteiger partial charge < -0.3 is 9.88 Å². The number of aromatic nitrogens is 2. The van der Waals surface area contributed by atoms with E-state index in [-0.39, 0.29) is 0 Å². The van der Waals surface area contributed by atoms with Crippen molar-refractivity contribution in [2.45, 2.75) is 26.1 Å². The van der Waals surface area contributed by atoms with E-state index in [1.165, 1.54) is 15.3 Å². The molecule has 4 heteroatoms. The van der Waals surface area contributed by atoms with Crippen molar-refractivity contribution in [1.29, 1.82) is 0 Å². The van der Waals surface area contributed by atoms with Gasteiger partial charge in [0.15, 0.2) is 0 Å². The zero-order chi connectivity index (χ0) is 14.5. The molecule has 2 heterocycles. The Hall–Kier alpha value is -1.91. The minimum absolute atomic E-state index is 0.418. The lowest BCUT2D eigenvalue weighted by molar-refractivity contribution is 0.478. The molecule has 21 heavy (non-hydrogen) atoms. The minimum atomic E-state index is 0.418. The van der Waals surface area contributed by atoms with Crippen LogP contribution in [0.1, 0.15) is 11.8 Å². The van der Waals surface area contributed by atoms with Crippen molar-refractivity contribution in [3.63, 3.8) is 0 Å². The van der Waals surface area contributed by atoms with E-state index >= 15 is 0 Å². The standard InChI is InChI=1S/C17H19N3S/c1-14(12-20-10-9-18-13-20)19-11-16-7-8-17(21-16)15-5-3-2-4-6-15/h2-10,13-14,19H,11-12H2,1H3. The topological polar surface area (TPSA) is 29.9 Å². The van der Waals surface area contributed by atoms with Gasteiger partial charge in [-0.3, -0.25) is 0 Å². The molecule has 1 atom stereocenters. The van der Waals surface area contributed by atoms with Crippen LogP contribution >= 0.6 is 11.3 Å². The first-order valence-corrected chi connectivity index (χ1v) is 7.96. The first-order chi connectivity index (χ1) is 10.3. The maximum atomic E-state index is 4.07. The van der Waals surface area contributed by atoms with E-state index in [9.17, 15) is 0 Å². The third-order valence-corrected chi connectivity index (χ3v) is 4.52. The Morgan fingerprint density at radius 1 is 1.19 bits per heavy atom. The smallest absolute Gasteiger partial charge is 0.0946 e. The van der Waals surface area contributed by atoms with Crippen LogP contribution in [-0.2, 0) is 13.1 Å². The Balaban J connectivity index is 1.55. The van der Waals surface area contributed by atoms with Crippen molar-refractivity contribution in [3.05, 3.63) is 66.1 Å². The third kappa shape index (κ3) is 3.80. The van der Waals surface area contributed by atoms with Crippen LogP contribution in [0.25, 0.3) is 10.4 Å². The number of benzene rings is 1. The van der Waals surface area contributed by atoms with Gasteiger partial charge in [0.25, 0.3) is 0 Å². The van der Waals surface area contributed by atoms with Crippen molar-refractivity contribution >= 4 is 11.3 Å². The highest BCUT2D eigenvalue weighted by Gasteiger charge is 2.05. The predicted octanol–water partition coefficient (Wildman–Crippen LogP) is 3.79. The zero-order valence-electron chi connectivity index (χ0n) is 12.1. The van der Waals surface area contributed by atoms with E-state index in [0.717, 1.165) is 13.1 Å². The summed E-state index contributed by atoms with van der Waals surface area (Å²) < 4.78 is 2.10. The van der Waals surface area contributed by atoms with Gasteiger partial charge in [0, 0.05) is 41.3 Å². The molecule has 0 spiro atoms. The molecule has 0 radical (unpaired) electrons. The molecular formula is C17H19N3S. The number of imidazole rings is 1. The summed E-state index contributed by atoms with van der Waals surface area (Å²) >= 11 is 1.85. The SMILES string of the molecule is CC(Cn1ccnc1)NCc1ccc(-c2ccccc2)s1. The Morgan fingerprint density at radius 3 is 2.81 bits per heavy atom. The molecule has 1 N–H and O–H groups in total. The molecule has 0 bridgehead atoms. The lowest BCUT2D eigenvalue weighted by atomic mass is 10.2. The molecule has 3 nitrogen and oxygen atoms in total. The molecule has 0 aliphatic rings. The maximum Gasteiger partial charge on any atom is 0.0946 e. The Morgan fingerprint density at radius 2 is 2.05 bits per heavy atom. The largest absolute Gasteiger partial charge is 0.336 e. The fraction of sp³-hybridized carbons (Fsp3) is 0.235. The van der Waals surface area contributed by atoms with E-state index in [2.05, 4.69) is 64.3 Å². The first kappa shape index (κ1) is 14.0. The van der Waals surface area contributed by atoms with Crippen LogP contribution < -0.4 is 5.32 Å². The van der Waals surface area contributed by atoms with Crippen molar-refractivity contribution in [2.75, 3.05) is 0 Å². The molecule has 0 saturated carbocycles. The molecule has 1 aromatic carbocycles. The van der Waals surface area contributed by atoms with Crippen LogP contribution in [0.15, 0.2) is 61.2 Å². The van der Waals surface area contributed by atoms with Crippen LogP contribution in [0, 0.1) is 0 Å². The second-order valence-electron chi connectivity index (χ2n) is 5.17. The molecular weight excluding hydrogens is 278 g/mol. The highest BCUT2D eigenvalue weighted by molar-refractivity contribution is 7.15. The van der Waals surface area contributed by atoms with E-state index in [1.54, 1.807) is 0 Å². The van der Waals surface area contributed by atoms with Crippen LogP contribution in [-0.4, -0.2) is 15.6 Å². The lowest BCUT2D eigenvalue weighted by Gasteiger charge is -2.13. The summed E-state index contributed by atoms with van der Waals surface area (Å²) in [6.45, 7) is 4.05. The van der Waals surface area contributed by atoms with E-state index in [1.807, 2.05) is 30.1 Å². The third-order valence-electron chi connectivity index (χ3n) is 3.39. The Labute approximate surface area is 129 Å². The molecule has 0 saturated heterocycles. The number of nitrogens with zero attached hydrogens (tertiary/aromatic N) is 2. The van der Waals surface area contributed by atoms with Gasteiger partial charge in [0.1, 0.15) is 0 Å². The van der Waals surface area contributed by atoms with Crippen LogP contribution in [0.3, 0.4) is 0 Å². The summed E-state index contributed by atoms with van der Waals surface area (Å²) in [5, 5.41) is 3.56. The molecule has 108 valence electrons. The molecule has 3 rings (SSSR count). The lowest BCUT2D eigenvalue weighted by Crippen LogP contribution is -2.29. The van der Waals surface area contributed by atoms with Gasteiger partial charge >= 0.3 is 0 Å². The van der Waals surface area contributed by atoms with E-state index in [0.29, 0.717) is 6.04 Å². The number of rotatable bonds is 6. The molecule has 3 aromatic rings. The number of thiophene rings is 1. The van der Waals surface area contributed by atoms with Gasteiger partial charge in [-0.15, -0.1) is 11.3 Å². The predicted molar refractivity (Wildman–Crippen MR) is 88.3 cm³/mol. The van der Waals surface area contributed by atoms with Crippen molar-refractivity contribution in [3.8, 4) is 10.4 Å².